The molecule has 152 valence electrons. The van der Waals surface area contributed by atoms with Crippen LogP contribution in [0, 0.1) is 12.8 Å². The van der Waals surface area contributed by atoms with Crippen molar-refractivity contribution < 1.29 is 4.74 Å². The van der Waals surface area contributed by atoms with Gasteiger partial charge in [0.1, 0.15) is 5.69 Å². The van der Waals surface area contributed by atoms with Crippen molar-refractivity contribution in [2.24, 2.45) is 5.92 Å². The fourth-order valence-electron chi connectivity index (χ4n) is 3.53. The van der Waals surface area contributed by atoms with Crippen LogP contribution in [0.1, 0.15) is 41.9 Å². The van der Waals surface area contributed by atoms with Gasteiger partial charge in [-0.1, -0.05) is 12.6 Å². The molecule has 6 nitrogen and oxygen atoms in total. The Bertz CT molecular complexity index is 982. The molecule has 0 bridgehead atoms. The number of pyridine rings is 1. The molecule has 1 fully saturated rings. The Morgan fingerprint density at radius 3 is 2.93 bits per heavy atom. The molecule has 4 rings (SSSR count). The lowest BCUT2D eigenvalue weighted by molar-refractivity contribution is 0.0674. The number of rotatable bonds is 7. The molecule has 7 heteroatoms. The van der Waals surface area contributed by atoms with Crippen LogP contribution in [0.25, 0.3) is 15.9 Å². The van der Waals surface area contributed by atoms with Gasteiger partial charge in [0.15, 0.2) is 0 Å². The quantitative estimate of drug-likeness (QED) is 0.596. The monoisotopic (exact) mass is 409 g/mol. The van der Waals surface area contributed by atoms with Gasteiger partial charge < -0.3 is 15.4 Å². The zero-order chi connectivity index (χ0) is 20.2. The molecular formula is C22H27N5OS. The molecule has 0 saturated carbocycles. The van der Waals surface area contributed by atoms with E-state index >= 15 is 0 Å². The molecule has 0 radical (unpaired) electrons. The van der Waals surface area contributed by atoms with Gasteiger partial charge in [-0.3, -0.25) is 4.98 Å². The predicted octanol–water partition coefficient (Wildman–Crippen LogP) is 4.55. The van der Waals surface area contributed by atoms with E-state index in [1.165, 1.54) is 4.88 Å². The number of anilines is 1. The van der Waals surface area contributed by atoms with Crippen LogP contribution in [0.4, 0.5) is 5.95 Å². The molecule has 1 atom stereocenters. The lowest BCUT2D eigenvalue weighted by atomic mass is 10.0. The van der Waals surface area contributed by atoms with E-state index in [4.69, 9.17) is 14.7 Å². The van der Waals surface area contributed by atoms with E-state index in [1.807, 2.05) is 18.3 Å². The number of nitrogens with zero attached hydrogens (tertiary/aromatic N) is 3. The van der Waals surface area contributed by atoms with Gasteiger partial charge in [0.2, 0.25) is 5.95 Å². The van der Waals surface area contributed by atoms with Crippen molar-refractivity contribution >= 4 is 33.2 Å². The second kappa shape index (κ2) is 8.88. The summed E-state index contributed by atoms with van der Waals surface area (Å²) in [7, 11) is 0. The van der Waals surface area contributed by atoms with Gasteiger partial charge in [-0.25, -0.2) is 9.97 Å². The Morgan fingerprint density at radius 1 is 1.34 bits per heavy atom. The van der Waals surface area contributed by atoms with Gasteiger partial charge in [0.25, 0.3) is 0 Å². The third kappa shape index (κ3) is 4.74. The maximum atomic E-state index is 5.46. The van der Waals surface area contributed by atoms with E-state index in [0.29, 0.717) is 11.9 Å². The van der Waals surface area contributed by atoms with E-state index in [1.54, 1.807) is 17.5 Å². The Balaban J connectivity index is 1.56. The van der Waals surface area contributed by atoms with Crippen molar-refractivity contribution in [1.29, 1.82) is 0 Å². The maximum absolute atomic E-state index is 5.46. The Morgan fingerprint density at radius 2 is 2.17 bits per heavy atom. The molecule has 0 spiro atoms. The lowest BCUT2D eigenvalue weighted by Gasteiger charge is -2.23. The summed E-state index contributed by atoms with van der Waals surface area (Å²) in [5.41, 5.74) is 3.77. The number of ether oxygens (including phenoxy) is 1. The number of hydrogen-bond donors (Lipinski definition) is 2. The van der Waals surface area contributed by atoms with Crippen LogP contribution in [0.3, 0.4) is 0 Å². The summed E-state index contributed by atoms with van der Waals surface area (Å²) in [6, 6.07) is 6.15. The smallest absolute Gasteiger partial charge is 0.224 e. The first-order valence-corrected chi connectivity index (χ1v) is 10.9. The van der Waals surface area contributed by atoms with E-state index in [9.17, 15) is 0 Å². The van der Waals surface area contributed by atoms with Crippen molar-refractivity contribution in [2.45, 2.75) is 32.7 Å². The molecule has 1 saturated heterocycles. The molecule has 0 aliphatic carbocycles. The molecule has 4 heterocycles. The minimum atomic E-state index is 0.0530. The standard InChI is InChI=1S/C22H27N5OS/c1-14-11-19-21(29-14)20(16(3)24-12-17-6-9-28-10-7-17)27-22(26-19)25-15(2)18-5-4-8-23-13-18/h4-5,8,11,13,15,17,24H,3,6-7,9-10,12H2,1-2H3,(H,25,26,27). The average Bonchev–Trinajstić information content (AvgIpc) is 3.12. The highest BCUT2D eigenvalue weighted by Gasteiger charge is 2.17. The molecule has 0 amide bonds. The Labute approximate surface area is 175 Å². The van der Waals surface area contributed by atoms with Crippen LogP contribution in [0.5, 0.6) is 0 Å². The molecular weight excluding hydrogens is 382 g/mol. The first kappa shape index (κ1) is 19.8. The number of hydrogen-bond acceptors (Lipinski definition) is 7. The Kier molecular flexibility index (Phi) is 6.06. The molecule has 1 aliphatic heterocycles. The van der Waals surface area contributed by atoms with Crippen molar-refractivity contribution in [2.75, 3.05) is 25.1 Å². The summed E-state index contributed by atoms with van der Waals surface area (Å²) < 4.78 is 6.53. The maximum Gasteiger partial charge on any atom is 0.224 e. The summed E-state index contributed by atoms with van der Waals surface area (Å²) in [5, 5.41) is 6.93. The van der Waals surface area contributed by atoms with Crippen molar-refractivity contribution in [3.05, 3.63) is 53.3 Å². The fraction of sp³-hybridized carbons (Fsp3) is 0.409. The number of aromatic nitrogens is 3. The number of nitrogens with one attached hydrogen (secondary N) is 2. The van der Waals surface area contributed by atoms with Crippen molar-refractivity contribution in [1.82, 2.24) is 20.3 Å². The normalized spacial score (nSPS) is 15.9. The lowest BCUT2D eigenvalue weighted by Crippen LogP contribution is -2.27. The van der Waals surface area contributed by atoms with E-state index in [0.717, 1.165) is 59.8 Å². The summed E-state index contributed by atoms with van der Waals surface area (Å²) in [5.74, 6) is 1.22. The van der Waals surface area contributed by atoms with Gasteiger partial charge in [0.05, 0.1) is 22.0 Å². The third-order valence-electron chi connectivity index (χ3n) is 5.26. The molecule has 1 aliphatic rings. The number of thiophene rings is 1. The van der Waals surface area contributed by atoms with E-state index in [2.05, 4.69) is 42.1 Å². The Hall–Kier alpha value is -2.51. The SMILES string of the molecule is C=C(NCC1CCOCC1)c1nc(NC(C)c2cccnc2)nc2cc(C)sc12. The van der Waals surface area contributed by atoms with Crippen LogP contribution in [0.2, 0.25) is 0 Å². The van der Waals surface area contributed by atoms with Crippen LogP contribution < -0.4 is 10.6 Å². The first-order valence-electron chi connectivity index (χ1n) is 10.1. The van der Waals surface area contributed by atoms with Crippen LogP contribution in [-0.4, -0.2) is 34.7 Å². The van der Waals surface area contributed by atoms with E-state index in [-0.39, 0.29) is 6.04 Å². The van der Waals surface area contributed by atoms with Crippen LogP contribution >= 0.6 is 11.3 Å². The minimum absolute atomic E-state index is 0.0530. The fourth-order valence-corrected chi connectivity index (χ4v) is 4.50. The first-order chi connectivity index (χ1) is 14.1. The van der Waals surface area contributed by atoms with Crippen LogP contribution in [-0.2, 0) is 4.74 Å². The number of aryl methyl sites for hydroxylation is 1. The van der Waals surface area contributed by atoms with Crippen LogP contribution in [0.15, 0.2) is 37.2 Å². The summed E-state index contributed by atoms with van der Waals surface area (Å²) in [4.78, 5) is 15.0. The highest BCUT2D eigenvalue weighted by atomic mass is 32.1. The zero-order valence-corrected chi connectivity index (χ0v) is 17.8. The second-order valence-corrected chi connectivity index (χ2v) is 8.79. The van der Waals surface area contributed by atoms with E-state index < -0.39 is 0 Å². The predicted molar refractivity (Wildman–Crippen MR) is 119 cm³/mol. The van der Waals surface area contributed by atoms with Crippen molar-refractivity contribution in [3.8, 4) is 0 Å². The van der Waals surface area contributed by atoms with Gasteiger partial charge >= 0.3 is 0 Å². The highest BCUT2D eigenvalue weighted by molar-refractivity contribution is 7.19. The molecule has 0 aromatic carbocycles. The average molecular weight is 410 g/mol. The summed E-state index contributed by atoms with van der Waals surface area (Å²) in [6.45, 7) is 11.1. The molecule has 3 aromatic heterocycles. The second-order valence-electron chi connectivity index (χ2n) is 7.53. The zero-order valence-electron chi connectivity index (χ0n) is 16.9. The molecule has 3 aromatic rings. The van der Waals surface area contributed by atoms with Crippen molar-refractivity contribution in [3.63, 3.8) is 0 Å². The van der Waals surface area contributed by atoms with Gasteiger partial charge in [-0.15, -0.1) is 11.3 Å². The van der Waals surface area contributed by atoms with Gasteiger partial charge in [-0.05, 0) is 50.3 Å². The third-order valence-corrected chi connectivity index (χ3v) is 6.30. The summed E-state index contributed by atoms with van der Waals surface area (Å²) in [6.07, 6.45) is 5.82. The topological polar surface area (TPSA) is 72.0 Å². The van der Waals surface area contributed by atoms with Gasteiger partial charge in [0, 0.05) is 37.0 Å². The summed E-state index contributed by atoms with van der Waals surface area (Å²) >= 11 is 1.71. The minimum Gasteiger partial charge on any atom is -0.383 e. The number of fused-ring (bicyclic) bond motifs is 1. The molecule has 2 N–H and O–H groups in total. The van der Waals surface area contributed by atoms with Gasteiger partial charge in [-0.2, -0.15) is 0 Å². The largest absolute Gasteiger partial charge is 0.383 e. The highest BCUT2D eigenvalue weighted by Crippen LogP contribution is 2.31. The molecule has 29 heavy (non-hydrogen) atoms. The molecule has 1 unspecified atom stereocenters.